The number of likely N-dealkylation sites (tertiary alicyclic amines) is 1. The molecule has 0 spiro atoms. The number of aryl methyl sites for hydroxylation is 1. The summed E-state index contributed by atoms with van der Waals surface area (Å²) >= 11 is 0. The maximum Gasteiger partial charge on any atom is 0.416 e. The number of fused-ring (bicyclic) bond motifs is 1. The van der Waals surface area contributed by atoms with Crippen molar-refractivity contribution in [1.29, 1.82) is 0 Å². The molecule has 1 aliphatic rings. The van der Waals surface area contributed by atoms with E-state index in [1.54, 1.807) is 6.33 Å². The maximum atomic E-state index is 12.9. The van der Waals surface area contributed by atoms with Crippen LogP contribution in [0.3, 0.4) is 0 Å². The van der Waals surface area contributed by atoms with E-state index in [9.17, 15) is 18.3 Å². The van der Waals surface area contributed by atoms with Crippen molar-refractivity contribution in [3.8, 4) is 17.0 Å². The zero-order valence-electron chi connectivity index (χ0n) is 16.2. The van der Waals surface area contributed by atoms with Crippen LogP contribution in [0.5, 0.6) is 5.75 Å². The number of hydrogen-bond acceptors (Lipinski definition) is 5. The highest BCUT2D eigenvalue weighted by Crippen LogP contribution is 2.38. The Morgan fingerprint density at radius 1 is 1.24 bits per heavy atom. The average molecular weight is 405 g/mol. The molecule has 0 radical (unpaired) electrons. The van der Waals surface area contributed by atoms with E-state index in [4.69, 9.17) is 0 Å². The smallest absolute Gasteiger partial charge is 0.416 e. The van der Waals surface area contributed by atoms with E-state index in [0.717, 1.165) is 43.6 Å². The molecule has 2 aromatic heterocycles. The highest BCUT2D eigenvalue weighted by Gasteiger charge is 2.31. The van der Waals surface area contributed by atoms with Gasteiger partial charge < -0.3 is 14.6 Å². The standard InChI is InChI=1S/C20H22F3N5O/c1-3-14-17(15-7-6-12(9-16(15)29)20(21,22)23)25-26-19-18(14)24-11-28(19)13-5-4-8-27(2)10-13/h6-7,9,11,13,29H,3-5,8,10H2,1-2H3/t13-/m1/s1. The summed E-state index contributed by atoms with van der Waals surface area (Å²) in [5.41, 5.74) is 1.76. The summed E-state index contributed by atoms with van der Waals surface area (Å²) < 4.78 is 40.8. The van der Waals surface area contributed by atoms with Gasteiger partial charge in [0.05, 0.1) is 11.9 Å². The number of phenols is 1. The Labute approximate surface area is 166 Å². The summed E-state index contributed by atoms with van der Waals surface area (Å²) in [6.45, 7) is 3.89. The van der Waals surface area contributed by atoms with Crippen molar-refractivity contribution in [2.24, 2.45) is 0 Å². The molecular weight excluding hydrogens is 383 g/mol. The summed E-state index contributed by atoms with van der Waals surface area (Å²) in [4.78, 5) is 6.81. The van der Waals surface area contributed by atoms with Crippen LogP contribution in [-0.2, 0) is 12.6 Å². The molecule has 29 heavy (non-hydrogen) atoms. The first-order chi connectivity index (χ1) is 13.8. The van der Waals surface area contributed by atoms with Gasteiger partial charge in [0.25, 0.3) is 0 Å². The van der Waals surface area contributed by atoms with Gasteiger partial charge in [-0.05, 0) is 51.1 Å². The van der Waals surface area contributed by atoms with E-state index < -0.39 is 17.5 Å². The molecule has 1 aliphatic heterocycles. The molecular formula is C20H22F3N5O. The topological polar surface area (TPSA) is 67.1 Å². The van der Waals surface area contributed by atoms with Crippen LogP contribution in [-0.4, -0.2) is 49.9 Å². The largest absolute Gasteiger partial charge is 0.507 e. The SMILES string of the molecule is CCc1c(-c2ccc(C(F)(F)F)cc2O)nnc2c1ncn2[C@@H]1CCCN(C)C1. The number of aromatic nitrogens is 4. The fourth-order valence-electron chi connectivity index (χ4n) is 4.03. The lowest BCUT2D eigenvalue weighted by Gasteiger charge is -2.30. The van der Waals surface area contributed by atoms with Gasteiger partial charge in [-0.1, -0.05) is 6.92 Å². The average Bonchev–Trinajstić information content (AvgIpc) is 3.10. The number of alkyl halides is 3. The Bertz CT molecular complexity index is 1050. The molecule has 154 valence electrons. The second-order valence-corrected chi connectivity index (χ2v) is 7.49. The van der Waals surface area contributed by atoms with Crippen LogP contribution in [0.15, 0.2) is 24.5 Å². The molecule has 0 bridgehead atoms. The van der Waals surface area contributed by atoms with Crippen molar-refractivity contribution in [3.63, 3.8) is 0 Å². The molecule has 0 saturated carbocycles. The molecule has 1 N–H and O–H groups in total. The van der Waals surface area contributed by atoms with Crippen LogP contribution in [0.2, 0.25) is 0 Å². The second kappa shape index (κ2) is 7.29. The van der Waals surface area contributed by atoms with Gasteiger partial charge in [0.2, 0.25) is 0 Å². The van der Waals surface area contributed by atoms with Crippen molar-refractivity contribution in [3.05, 3.63) is 35.7 Å². The molecule has 0 unspecified atom stereocenters. The summed E-state index contributed by atoms with van der Waals surface area (Å²) in [5.74, 6) is -0.475. The van der Waals surface area contributed by atoms with Gasteiger partial charge in [0, 0.05) is 23.7 Å². The fraction of sp³-hybridized carbons (Fsp3) is 0.450. The first kappa shape index (κ1) is 19.6. The summed E-state index contributed by atoms with van der Waals surface area (Å²) in [5, 5.41) is 18.9. The van der Waals surface area contributed by atoms with Crippen molar-refractivity contribution >= 4 is 11.2 Å². The van der Waals surface area contributed by atoms with Gasteiger partial charge in [0.1, 0.15) is 17.0 Å². The van der Waals surface area contributed by atoms with Gasteiger partial charge >= 0.3 is 6.18 Å². The van der Waals surface area contributed by atoms with Crippen LogP contribution < -0.4 is 0 Å². The molecule has 0 aliphatic carbocycles. The minimum Gasteiger partial charge on any atom is -0.507 e. The van der Waals surface area contributed by atoms with Gasteiger partial charge in [0.15, 0.2) is 5.65 Å². The van der Waals surface area contributed by atoms with E-state index in [2.05, 4.69) is 27.1 Å². The van der Waals surface area contributed by atoms with Crippen LogP contribution in [0.1, 0.15) is 36.9 Å². The van der Waals surface area contributed by atoms with Gasteiger partial charge in [-0.3, -0.25) is 0 Å². The molecule has 3 heterocycles. The van der Waals surface area contributed by atoms with Crippen LogP contribution in [0.25, 0.3) is 22.4 Å². The van der Waals surface area contributed by atoms with Crippen molar-refractivity contribution < 1.29 is 18.3 Å². The second-order valence-electron chi connectivity index (χ2n) is 7.49. The van der Waals surface area contributed by atoms with E-state index in [1.807, 2.05) is 11.5 Å². The zero-order chi connectivity index (χ0) is 20.8. The molecule has 1 fully saturated rings. The van der Waals surface area contributed by atoms with Crippen molar-refractivity contribution in [1.82, 2.24) is 24.6 Å². The third-order valence-electron chi connectivity index (χ3n) is 5.51. The first-order valence-corrected chi connectivity index (χ1v) is 9.60. The number of likely N-dealkylation sites (N-methyl/N-ethyl adjacent to an activating group) is 1. The first-order valence-electron chi connectivity index (χ1n) is 9.60. The van der Waals surface area contributed by atoms with Gasteiger partial charge in [-0.15, -0.1) is 10.2 Å². The Morgan fingerprint density at radius 2 is 2.03 bits per heavy atom. The number of halogens is 3. The van der Waals surface area contributed by atoms with Crippen LogP contribution >= 0.6 is 0 Å². The van der Waals surface area contributed by atoms with E-state index in [1.165, 1.54) is 6.07 Å². The minimum atomic E-state index is -4.52. The summed E-state index contributed by atoms with van der Waals surface area (Å²) in [6.07, 6.45) is -0.0833. The van der Waals surface area contributed by atoms with Gasteiger partial charge in [-0.2, -0.15) is 13.2 Å². The third-order valence-corrected chi connectivity index (χ3v) is 5.51. The number of hydrogen-bond donors (Lipinski definition) is 1. The van der Waals surface area contributed by atoms with E-state index >= 15 is 0 Å². The highest BCUT2D eigenvalue weighted by atomic mass is 19.4. The third kappa shape index (κ3) is 3.55. The normalized spacial score (nSPS) is 18.4. The summed E-state index contributed by atoms with van der Waals surface area (Å²) in [6, 6.07) is 3.15. The Hall–Kier alpha value is -2.68. The molecule has 6 nitrogen and oxygen atoms in total. The highest BCUT2D eigenvalue weighted by molar-refractivity contribution is 5.83. The lowest BCUT2D eigenvalue weighted by molar-refractivity contribution is -0.137. The van der Waals surface area contributed by atoms with Crippen molar-refractivity contribution in [2.45, 2.75) is 38.4 Å². The number of imidazole rings is 1. The lowest BCUT2D eigenvalue weighted by atomic mass is 10.0. The fourth-order valence-corrected chi connectivity index (χ4v) is 4.03. The number of rotatable bonds is 3. The zero-order valence-corrected chi connectivity index (χ0v) is 16.2. The predicted octanol–water partition coefficient (Wildman–Crippen LogP) is 4.05. The molecule has 9 heteroatoms. The Morgan fingerprint density at radius 3 is 2.69 bits per heavy atom. The number of benzene rings is 1. The van der Waals surface area contributed by atoms with Crippen molar-refractivity contribution in [2.75, 3.05) is 20.1 Å². The number of aromatic hydroxyl groups is 1. The maximum absolute atomic E-state index is 12.9. The molecule has 3 aromatic rings. The van der Waals surface area contributed by atoms with Crippen LogP contribution in [0, 0.1) is 0 Å². The Balaban J connectivity index is 1.79. The lowest BCUT2D eigenvalue weighted by Crippen LogP contribution is -2.33. The molecule has 0 amide bonds. The number of piperidine rings is 1. The Kier molecular flexibility index (Phi) is 4.94. The quantitative estimate of drug-likeness (QED) is 0.712. The molecule has 1 saturated heterocycles. The van der Waals surface area contributed by atoms with Crippen LogP contribution in [0.4, 0.5) is 13.2 Å². The van der Waals surface area contributed by atoms with E-state index in [-0.39, 0.29) is 11.6 Å². The molecule has 1 aromatic carbocycles. The molecule has 4 rings (SSSR count). The monoisotopic (exact) mass is 405 g/mol. The number of nitrogens with zero attached hydrogens (tertiary/aromatic N) is 5. The molecule has 1 atom stereocenters. The van der Waals surface area contributed by atoms with E-state index in [0.29, 0.717) is 23.3 Å². The summed E-state index contributed by atoms with van der Waals surface area (Å²) in [7, 11) is 2.08. The minimum absolute atomic E-state index is 0.219. The predicted molar refractivity (Wildman–Crippen MR) is 103 cm³/mol. The van der Waals surface area contributed by atoms with Gasteiger partial charge in [-0.25, -0.2) is 4.98 Å². The number of phenolic OH excluding ortho intramolecular Hbond substituents is 1.